The standard InChI is InChI=1S/C20H20FN3O5S/c1-28-16-8-10-17(11-9-16)30(26,27)12-2-3-18(25)22-20-24-23-19(29-20)13-14-4-6-15(21)7-5-14/h4-11H,2-3,12-13H2,1H3,(H,22,24,25). The Morgan fingerprint density at radius 3 is 2.47 bits per heavy atom. The molecule has 3 rings (SSSR count). The Bertz CT molecular complexity index is 1100. The van der Waals surface area contributed by atoms with Crippen molar-refractivity contribution < 1.29 is 26.8 Å². The van der Waals surface area contributed by atoms with Crippen molar-refractivity contribution in [3.8, 4) is 5.75 Å². The first kappa shape index (κ1) is 21.4. The highest BCUT2D eigenvalue weighted by atomic mass is 32.2. The third kappa shape index (κ3) is 5.86. The van der Waals surface area contributed by atoms with E-state index in [4.69, 9.17) is 9.15 Å². The molecule has 1 heterocycles. The van der Waals surface area contributed by atoms with Crippen LogP contribution in [-0.2, 0) is 21.1 Å². The van der Waals surface area contributed by atoms with Gasteiger partial charge < -0.3 is 9.15 Å². The van der Waals surface area contributed by atoms with E-state index in [-0.39, 0.29) is 41.2 Å². The molecule has 0 radical (unpaired) electrons. The van der Waals surface area contributed by atoms with Gasteiger partial charge in [0.1, 0.15) is 11.6 Å². The van der Waals surface area contributed by atoms with E-state index in [1.807, 2.05) is 0 Å². The molecule has 0 spiro atoms. The quantitative estimate of drug-likeness (QED) is 0.552. The van der Waals surface area contributed by atoms with Crippen LogP contribution in [0.1, 0.15) is 24.3 Å². The Morgan fingerprint density at radius 1 is 1.10 bits per heavy atom. The second kappa shape index (κ2) is 9.49. The number of aromatic nitrogens is 2. The maximum Gasteiger partial charge on any atom is 0.322 e. The van der Waals surface area contributed by atoms with Crippen LogP contribution < -0.4 is 10.1 Å². The maximum absolute atomic E-state index is 12.9. The lowest BCUT2D eigenvalue weighted by atomic mass is 10.1. The zero-order valence-electron chi connectivity index (χ0n) is 16.2. The van der Waals surface area contributed by atoms with E-state index < -0.39 is 15.7 Å². The minimum atomic E-state index is -3.50. The highest BCUT2D eigenvalue weighted by Crippen LogP contribution is 2.18. The first-order valence-electron chi connectivity index (χ1n) is 9.09. The molecule has 158 valence electrons. The fraction of sp³-hybridized carbons (Fsp3) is 0.250. The second-order valence-corrected chi connectivity index (χ2v) is 8.56. The van der Waals surface area contributed by atoms with Crippen LogP contribution in [0.3, 0.4) is 0 Å². The number of nitrogens with one attached hydrogen (secondary N) is 1. The summed E-state index contributed by atoms with van der Waals surface area (Å²) >= 11 is 0. The van der Waals surface area contributed by atoms with Gasteiger partial charge in [0.05, 0.1) is 24.2 Å². The summed E-state index contributed by atoms with van der Waals surface area (Å²) in [5.74, 6) is -0.124. The van der Waals surface area contributed by atoms with Crippen LogP contribution in [0.15, 0.2) is 57.8 Å². The molecule has 0 bridgehead atoms. The van der Waals surface area contributed by atoms with Crippen molar-refractivity contribution in [3.05, 3.63) is 65.8 Å². The topological polar surface area (TPSA) is 111 Å². The molecule has 30 heavy (non-hydrogen) atoms. The Kier molecular flexibility index (Phi) is 6.78. The molecule has 3 aromatic rings. The van der Waals surface area contributed by atoms with Gasteiger partial charge in [0.15, 0.2) is 9.84 Å². The number of sulfone groups is 1. The highest BCUT2D eigenvalue weighted by molar-refractivity contribution is 7.91. The van der Waals surface area contributed by atoms with Gasteiger partial charge in [-0.05, 0) is 48.4 Å². The van der Waals surface area contributed by atoms with Crippen LogP contribution in [-0.4, -0.2) is 37.4 Å². The number of carbonyl (C=O) groups excluding carboxylic acids is 1. The van der Waals surface area contributed by atoms with E-state index >= 15 is 0 Å². The molecule has 0 fully saturated rings. The van der Waals surface area contributed by atoms with Gasteiger partial charge in [-0.3, -0.25) is 10.1 Å². The Morgan fingerprint density at radius 2 is 1.80 bits per heavy atom. The number of anilines is 1. The number of nitrogens with zero attached hydrogens (tertiary/aromatic N) is 2. The minimum absolute atomic E-state index is 0.0228. The zero-order chi connectivity index (χ0) is 21.6. The SMILES string of the molecule is COc1ccc(S(=O)(=O)CCCC(=O)Nc2nnc(Cc3ccc(F)cc3)o2)cc1. The number of hydrogen-bond acceptors (Lipinski definition) is 7. The fourth-order valence-corrected chi connectivity index (χ4v) is 3.97. The molecule has 1 N–H and O–H groups in total. The fourth-order valence-electron chi connectivity index (χ4n) is 2.66. The van der Waals surface area contributed by atoms with Crippen molar-refractivity contribution >= 4 is 21.8 Å². The molecule has 0 atom stereocenters. The lowest BCUT2D eigenvalue weighted by Crippen LogP contribution is -2.14. The maximum atomic E-state index is 12.9. The number of amides is 1. The van der Waals surface area contributed by atoms with E-state index in [0.717, 1.165) is 5.56 Å². The third-order valence-electron chi connectivity index (χ3n) is 4.22. The normalized spacial score (nSPS) is 11.3. The number of methoxy groups -OCH3 is 1. The van der Waals surface area contributed by atoms with Crippen LogP contribution in [0, 0.1) is 5.82 Å². The van der Waals surface area contributed by atoms with Crippen LogP contribution in [0.4, 0.5) is 10.4 Å². The molecule has 2 aromatic carbocycles. The summed E-state index contributed by atoms with van der Waals surface area (Å²) in [4.78, 5) is 12.2. The average molecular weight is 433 g/mol. The zero-order valence-corrected chi connectivity index (χ0v) is 17.0. The van der Waals surface area contributed by atoms with E-state index in [2.05, 4.69) is 15.5 Å². The predicted octanol–water partition coefficient (Wildman–Crippen LogP) is 3.00. The van der Waals surface area contributed by atoms with Gasteiger partial charge in [0.25, 0.3) is 0 Å². The number of benzene rings is 2. The smallest absolute Gasteiger partial charge is 0.322 e. The highest BCUT2D eigenvalue weighted by Gasteiger charge is 2.16. The Labute approximate surface area is 173 Å². The summed E-state index contributed by atoms with van der Waals surface area (Å²) < 4.78 is 48.0. The Balaban J connectivity index is 1.47. The summed E-state index contributed by atoms with van der Waals surface area (Å²) in [5.41, 5.74) is 0.779. The van der Waals surface area contributed by atoms with Gasteiger partial charge >= 0.3 is 6.01 Å². The van der Waals surface area contributed by atoms with Crippen molar-refractivity contribution in [3.63, 3.8) is 0 Å². The molecule has 0 aliphatic heterocycles. The van der Waals surface area contributed by atoms with E-state index in [9.17, 15) is 17.6 Å². The van der Waals surface area contributed by atoms with Gasteiger partial charge in [0.2, 0.25) is 11.8 Å². The lowest BCUT2D eigenvalue weighted by molar-refractivity contribution is -0.116. The summed E-state index contributed by atoms with van der Waals surface area (Å²) in [6.07, 6.45) is 0.408. The number of rotatable bonds is 9. The molecule has 0 saturated heterocycles. The summed E-state index contributed by atoms with van der Waals surface area (Å²) in [7, 11) is -2.00. The van der Waals surface area contributed by atoms with Gasteiger partial charge in [-0.2, -0.15) is 0 Å². The number of ether oxygens (including phenoxy) is 1. The second-order valence-electron chi connectivity index (χ2n) is 6.45. The number of carbonyl (C=O) groups is 1. The summed E-state index contributed by atoms with van der Waals surface area (Å²) in [5, 5.41) is 10.0. The molecule has 0 saturated carbocycles. The molecular weight excluding hydrogens is 413 g/mol. The first-order valence-corrected chi connectivity index (χ1v) is 10.7. The molecule has 0 aliphatic rings. The summed E-state index contributed by atoms with van der Waals surface area (Å²) in [6.45, 7) is 0. The van der Waals surface area contributed by atoms with Crippen molar-refractivity contribution in [1.29, 1.82) is 0 Å². The first-order chi connectivity index (χ1) is 14.4. The van der Waals surface area contributed by atoms with Gasteiger partial charge in [0, 0.05) is 6.42 Å². The molecule has 0 unspecified atom stereocenters. The largest absolute Gasteiger partial charge is 0.497 e. The van der Waals surface area contributed by atoms with Crippen molar-refractivity contribution in [2.45, 2.75) is 24.2 Å². The molecule has 8 nitrogen and oxygen atoms in total. The van der Waals surface area contributed by atoms with E-state index in [0.29, 0.717) is 12.2 Å². The predicted molar refractivity (Wildman–Crippen MR) is 106 cm³/mol. The third-order valence-corrected chi connectivity index (χ3v) is 6.03. The monoisotopic (exact) mass is 433 g/mol. The van der Waals surface area contributed by atoms with E-state index in [1.165, 1.54) is 31.4 Å². The molecule has 0 aliphatic carbocycles. The molecule has 1 aromatic heterocycles. The number of halogens is 1. The molecule has 1 amide bonds. The van der Waals surface area contributed by atoms with Crippen molar-refractivity contribution in [2.75, 3.05) is 18.2 Å². The van der Waals surface area contributed by atoms with Crippen molar-refractivity contribution in [2.24, 2.45) is 0 Å². The minimum Gasteiger partial charge on any atom is -0.497 e. The average Bonchev–Trinajstić information content (AvgIpc) is 3.16. The van der Waals surface area contributed by atoms with Crippen LogP contribution in [0.25, 0.3) is 0 Å². The lowest BCUT2D eigenvalue weighted by Gasteiger charge is -2.05. The van der Waals surface area contributed by atoms with E-state index in [1.54, 1.807) is 24.3 Å². The molecule has 10 heteroatoms. The van der Waals surface area contributed by atoms with Crippen LogP contribution in [0.5, 0.6) is 5.75 Å². The van der Waals surface area contributed by atoms with Crippen molar-refractivity contribution in [1.82, 2.24) is 10.2 Å². The molecular formula is C20H20FN3O5S. The van der Waals surface area contributed by atoms with Gasteiger partial charge in [-0.1, -0.05) is 17.2 Å². The van der Waals surface area contributed by atoms with Gasteiger partial charge in [-0.15, -0.1) is 5.10 Å². The Hall–Kier alpha value is -3.27. The van der Waals surface area contributed by atoms with Crippen LogP contribution in [0.2, 0.25) is 0 Å². The number of hydrogen-bond donors (Lipinski definition) is 1. The summed E-state index contributed by atoms with van der Waals surface area (Å²) in [6, 6.07) is 11.8. The van der Waals surface area contributed by atoms with Crippen LogP contribution >= 0.6 is 0 Å². The van der Waals surface area contributed by atoms with Gasteiger partial charge in [-0.25, -0.2) is 12.8 Å².